The van der Waals surface area contributed by atoms with Crippen LogP contribution >= 0.6 is 0 Å². The average Bonchev–Trinajstić information content (AvgIpc) is 3.18. The van der Waals surface area contributed by atoms with Crippen molar-refractivity contribution in [2.75, 3.05) is 38.2 Å². The van der Waals surface area contributed by atoms with Crippen LogP contribution in [0.2, 0.25) is 5.82 Å². The van der Waals surface area contributed by atoms with Crippen molar-refractivity contribution in [1.29, 1.82) is 0 Å². The number of nitrogens with one attached hydrogen (secondary N) is 1. The summed E-state index contributed by atoms with van der Waals surface area (Å²) in [7, 11) is 6.51. The molecule has 1 unspecified atom stereocenters. The van der Waals surface area contributed by atoms with E-state index in [1.807, 2.05) is 0 Å². The maximum absolute atomic E-state index is 13.2. The molecule has 2 aliphatic rings. The van der Waals surface area contributed by atoms with Crippen molar-refractivity contribution in [3.05, 3.63) is 41.8 Å². The van der Waals surface area contributed by atoms with Gasteiger partial charge in [-0.3, -0.25) is 9.48 Å². The number of benzene rings is 1. The van der Waals surface area contributed by atoms with Gasteiger partial charge in [-0.1, -0.05) is 0 Å². The fraction of sp³-hybridized carbons (Fsp3) is 0.545. The molecule has 7 nitrogen and oxygen atoms in total. The number of nitrogens with two attached hydrogens (primary N) is 1. The first kappa shape index (κ1) is 21.8. The number of ether oxygens (including phenoxy) is 1. The van der Waals surface area contributed by atoms with E-state index in [-0.39, 0.29) is 17.7 Å². The van der Waals surface area contributed by atoms with Crippen LogP contribution in [0.3, 0.4) is 0 Å². The second kappa shape index (κ2) is 9.83. The highest BCUT2D eigenvalue weighted by atomic mass is 19.1. The Hall–Kier alpha value is -2.39. The molecule has 2 atom stereocenters. The number of primary amides is 1. The number of halogens is 1. The Kier molecular flexibility index (Phi) is 6.92. The fourth-order valence-corrected chi connectivity index (χ4v) is 4.48. The Morgan fingerprint density at radius 1 is 1.26 bits per heavy atom. The van der Waals surface area contributed by atoms with Gasteiger partial charge in [0, 0.05) is 37.7 Å². The summed E-state index contributed by atoms with van der Waals surface area (Å²) < 4.78 is 20.4. The van der Waals surface area contributed by atoms with Gasteiger partial charge in [-0.15, -0.1) is 0 Å². The fourth-order valence-electron chi connectivity index (χ4n) is 4.48. The van der Waals surface area contributed by atoms with Crippen molar-refractivity contribution < 1.29 is 13.9 Å². The van der Waals surface area contributed by atoms with E-state index in [9.17, 15) is 9.18 Å². The molecule has 0 aliphatic carbocycles. The third kappa shape index (κ3) is 5.46. The van der Waals surface area contributed by atoms with Crippen LogP contribution in [0.25, 0.3) is 0 Å². The van der Waals surface area contributed by atoms with Gasteiger partial charge in [-0.2, -0.15) is 5.10 Å². The van der Waals surface area contributed by atoms with Crippen LogP contribution in [0.15, 0.2) is 30.5 Å². The van der Waals surface area contributed by atoms with Crippen molar-refractivity contribution in [1.82, 2.24) is 14.7 Å². The van der Waals surface area contributed by atoms with Crippen molar-refractivity contribution in [3.8, 4) is 0 Å². The van der Waals surface area contributed by atoms with Gasteiger partial charge in [0.1, 0.15) is 11.4 Å². The molecule has 1 aromatic carbocycles. The van der Waals surface area contributed by atoms with E-state index in [4.69, 9.17) is 18.3 Å². The zero-order valence-electron chi connectivity index (χ0n) is 17.7. The second-order valence-corrected chi connectivity index (χ2v) is 8.53. The van der Waals surface area contributed by atoms with Crippen LogP contribution in [0.1, 0.15) is 42.1 Å². The van der Waals surface area contributed by atoms with E-state index in [1.54, 1.807) is 23.0 Å². The molecule has 2 radical (unpaired) electrons. The normalized spacial score (nSPS) is 23.0. The molecule has 31 heavy (non-hydrogen) atoms. The first-order chi connectivity index (χ1) is 15.0. The molecule has 2 fully saturated rings. The second-order valence-electron chi connectivity index (χ2n) is 8.53. The molecular weight excluding hydrogens is 396 g/mol. The van der Waals surface area contributed by atoms with Gasteiger partial charge in [0.05, 0.1) is 7.85 Å². The minimum atomic E-state index is -0.571. The summed E-state index contributed by atoms with van der Waals surface area (Å²) in [6, 6.07) is 5.84. The zero-order chi connectivity index (χ0) is 21.8. The lowest BCUT2D eigenvalue weighted by Gasteiger charge is -2.38. The van der Waals surface area contributed by atoms with Gasteiger partial charge in [0.25, 0.3) is 5.91 Å². The number of hydrogen-bond donors (Lipinski definition) is 2. The molecule has 0 saturated carbocycles. The van der Waals surface area contributed by atoms with Crippen LogP contribution in [0, 0.1) is 11.7 Å². The quantitative estimate of drug-likeness (QED) is 0.667. The number of aromatic nitrogens is 2. The lowest BCUT2D eigenvalue weighted by atomic mass is 9.76. The molecule has 9 heteroatoms. The van der Waals surface area contributed by atoms with Crippen molar-refractivity contribution in [2.24, 2.45) is 11.7 Å². The minimum absolute atomic E-state index is 0.0128. The van der Waals surface area contributed by atoms with E-state index in [1.165, 1.54) is 18.6 Å². The smallest absolute Gasteiger partial charge is 0.254 e. The highest BCUT2D eigenvalue weighted by molar-refractivity contribution is 6.12. The number of carbonyl (C=O) groups is 1. The molecule has 3 N–H and O–H groups in total. The van der Waals surface area contributed by atoms with Gasteiger partial charge in [-0.05, 0) is 74.8 Å². The molecule has 4 rings (SSSR count). The first-order valence-corrected chi connectivity index (χ1v) is 11.0. The predicted octanol–water partition coefficient (Wildman–Crippen LogP) is 2.89. The Morgan fingerprint density at radius 2 is 2.00 bits per heavy atom. The molecule has 3 heterocycles. The Bertz CT molecular complexity index is 885. The number of likely N-dealkylation sites (tertiary alicyclic amines) is 1. The summed E-state index contributed by atoms with van der Waals surface area (Å²) in [5.41, 5.74) is 6.48. The van der Waals surface area contributed by atoms with E-state index >= 15 is 0 Å². The molecule has 2 aromatic rings. The van der Waals surface area contributed by atoms with Crippen LogP contribution in [0.5, 0.6) is 0 Å². The van der Waals surface area contributed by atoms with Gasteiger partial charge < -0.3 is 20.7 Å². The number of piperidine rings is 1. The monoisotopic (exact) mass is 425 g/mol. The summed E-state index contributed by atoms with van der Waals surface area (Å²) in [4.78, 5) is 14.4. The van der Waals surface area contributed by atoms with Crippen LogP contribution in [-0.2, 0) is 4.74 Å². The number of hydrogen-bond acceptors (Lipinski definition) is 5. The van der Waals surface area contributed by atoms with E-state index < -0.39 is 5.91 Å². The maximum Gasteiger partial charge on any atom is 0.254 e. The molecular formula is C22H29BFN5O2. The molecule has 0 spiro atoms. The van der Waals surface area contributed by atoms with Crippen LogP contribution < -0.4 is 11.1 Å². The SMILES string of the molecule is [B][C@@H]1CN(CCC2CCOCC2)CCC1n1cc(C(N)=O)c(Nc2ccc(F)cc2)n1. The molecule has 164 valence electrons. The number of anilines is 2. The third-order valence-corrected chi connectivity index (χ3v) is 6.34. The van der Waals surface area contributed by atoms with Gasteiger partial charge in [0.15, 0.2) is 5.82 Å². The molecule has 2 aliphatic heterocycles. The Balaban J connectivity index is 1.39. The van der Waals surface area contributed by atoms with Gasteiger partial charge in [-0.25, -0.2) is 4.39 Å². The van der Waals surface area contributed by atoms with Crippen LogP contribution in [0.4, 0.5) is 15.9 Å². The van der Waals surface area contributed by atoms with Crippen molar-refractivity contribution in [2.45, 2.75) is 37.5 Å². The number of nitrogens with zero attached hydrogens (tertiary/aromatic N) is 3. The summed E-state index contributed by atoms with van der Waals surface area (Å²) in [6.07, 6.45) is 5.99. The van der Waals surface area contributed by atoms with Crippen molar-refractivity contribution in [3.63, 3.8) is 0 Å². The molecule has 2 saturated heterocycles. The largest absolute Gasteiger partial charge is 0.381 e. The van der Waals surface area contributed by atoms with Gasteiger partial charge >= 0.3 is 0 Å². The highest BCUT2D eigenvalue weighted by Crippen LogP contribution is 2.32. The lowest BCUT2D eigenvalue weighted by Crippen LogP contribution is -2.40. The minimum Gasteiger partial charge on any atom is -0.381 e. The predicted molar refractivity (Wildman–Crippen MR) is 118 cm³/mol. The average molecular weight is 425 g/mol. The van der Waals surface area contributed by atoms with E-state index in [0.717, 1.165) is 58.0 Å². The Labute approximate surface area is 183 Å². The molecule has 1 aromatic heterocycles. The first-order valence-electron chi connectivity index (χ1n) is 11.0. The summed E-state index contributed by atoms with van der Waals surface area (Å²) in [5.74, 6) is 0.0992. The summed E-state index contributed by atoms with van der Waals surface area (Å²) in [6.45, 7) is 4.53. The topological polar surface area (TPSA) is 85.4 Å². The summed E-state index contributed by atoms with van der Waals surface area (Å²) in [5, 5.41) is 7.63. The highest BCUT2D eigenvalue weighted by Gasteiger charge is 2.29. The Morgan fingerprint density at radius 3 is 2.68 bits per heavy atom. The van der Waals surface area contributed by atoms with E-state index in [0.29, 0.717) is 17.1 Å². The van der Waals surface area contributed by atoms with E-state index in [2.05, 4.69) is 15.3 Å². The lowest BCUT2D eigenvalue weighted by molar-refractivity contribution is 0.0582. The number of amides is 1. The standard InChI is InChI=1S/C22H29BFN5O2/c23-19-14-28(9-5-15-7-11-31-12-8-15)10-6-20(19)29-13-18(21(25)30)22(27-29)26-17-3-1-16(24)2-4-17/h1-4,13,15,19-20H,5-12,14H2,(H2,25,30)(H,26,27)/t19-,20?/m1/s1. The van der Waals surface area contributed by atoms with Crippen LogP contribution in [-0.4, -0.2) is 61.3 Å². The molecule has 1 amide bonds. The molecule has 0 bridgehead atoms. The van der Waals surface area contributed by atoms with Gasteiger partial charge in [0.2, 0.25) is 0 Å². The zero-order valence-corrected chi connectivity index (χ0v) is 17.7. The third-order valence-electron chi connectivity index (χ3n) is 6.34. The number of rotatable bonds is 7. The summed E-state index contributed by atoms with van der Waals surface area (Å²) >= 11 is 0. The van der Waals surface area contributed by atoms with Crippen molar-refractivity contribution >= 4 is 25.3 Å². The maximum atomic E-state index is 13.2. The number of carbonyl (C=O) groups excluding carboxylic acids is 1.